The Labute approximate surface area is 241 Å². The highest BCUT2D eigenvalue weighted by Gasteiger charge is 2.36. The van der Waals surface area contributed by atoms with Gasteiger partial charge in [0.1, 0.15) is 12.4 Å². The molecule has 15 heteroatoms. The number of carbonyl (C=O) groups is 2. The van der Waals surface area contributed by atoms with Crippen molar-refractivity contribution < 1.29 is 50.1 Å². The summed E-state index contributed by atoms with van der Waals surface area (Å²) in [6.07, 6.45) is -5.46. The number of likely N-dealkylation sites (N-methyl/N-ethyl adjacent to an activating group) is 1. The van der Waals surface area contributed by atoms with Crippen molar-refractivity contribution in [1.82, 2.24) is 9.80 Å². The van der Waals surface area contributed by atoms with Crippen molar-refractivity contribution >= 4 is 27.5 Å². The van der Waals surface area contributed by atoms with E-state index >= 15 is 0 Å². The molecule has 2 amide bonds. The molecule has 230 valence electrons. The van der Waals surface area contributed by atoms with Crippen LogP contribution in [0.4, 0.5) is 18.9 Å². The number of nitrogens with one attached hydrogen (secondary N) is 1. The summed E-state index contributed by atoms with van der Waals surface area (Å²) in [6, 6.07) is 8.02. The van der Waals surface area contributed by atoms with Crippen LogP contribution in [0.2, 0.25) is 0 Å². The zero-order valence-corrected chi connectivity index (χ0v) is 24.3. The van der Waals surface area contributed by atoms with Crippen molar-refractivity contribution in [2.45, 2.75) is 32.2 Å². The standard InChI is InChI=1S/C27H32F3N3O8S/c1-16-11-33(25(34)18-5-7-22-23(9-18)41-15-40-22)17(2)13-39-21-8-6-19(31-42(36,37)14-27(28,29)30)10-20(21)26(35)32(3)12-24(16)38-4/h5-10,16-17,24,31H,11-15H2,1-4H3/t16-,17+,24+/m1/s1. The van der Waals surface area contributed by atoms with Gasteiger partial charge in [0.2, 0.25) is 16.8 Å². The van der Waals surface area contributed by atoms with E-state index < -0.39 is 40.0 Å². The van der Waals surface area contributed by atoms with Gasteiger partial charge in [0, 0.05) is 44.4 Å². The van der Waals surface area contributed by atoms with Crippen molar-refractivity contribution in [3.05, 3.63) is 47.5 Å². The molecule has 0 fully saturated rings. The van der Waals surface area contributed by atoms with Gasteiger partial charge < -0.3 is 28.7 Å². The van der Waals surface area contributed by atoms with Gasteiger partial charge in [0.05, 0.1) is 17.7 Å². The fourth-order valence-electron chi connectivity index (χ4n) is 4.75. The van der Waals surface area contributed by atoms with Gasteiger partial charge in [-0.2, -0.15) is 13.2 Å². The van der Waals surface area contributed by atoms with Gasteiger partial charge in [0.25, 0.3) is 11.8 Å². The molecule has 2 heterocycles. The molecule has 2 aliphatic rings. The molecule has 0 bridgehead atoms. The minimum Gasteiger partial charge on any atom is -0.491 e. The number of rotatable bonds is 5. The number of amides is 2. The summed E-state index contributed by atoms with van der Waals surface area (Å²) in [5.74, 6) is -2.12. The summed E-state index contributed by atoms with van der Waals surface area (Å²) < 4.78 is 86.6. The van der Waals surface area contributed by atoms with Crippen LogP contribution in [0.3, 0.4) is 0 Å². The number of nitrogens with zero attached hydrogens (tertiary/aromatic N) is 2. The van der Waals surface area contributed by atoms with Gasteiger partial charge >= 0.3 is 6.18 Å². The van der Waals surface area contributed by atoms with E-state index in [0.717, 1.165) is 6.07 Å². The highest BCUT2D eigenvalue weighted by atomic mass is 32.2. The zero-order chi connectivity index (χ0) is 30.8. The first-order valence-corrected chi connectivity index (χ1v) is 14.7. The lowest BCUT2D eigenvalue weighted by Gasteiger charge is -2.36. The quantitative estimate of drug-likeness (QED) is 0.543. The molecule has 3 atom stereocenters. The van der Waals surface area contributed by atoms with Gasteiger partial charge in [-0.3, -0.25) is 14.3 Å². The van der Waals surface area contributed by atoms with E-state index in [9.17, 15) is 31.2 Å². The first-order chi connectivity index (χ1) is 19.7. The average molecular weight is 616 g/mol. The minimum atomic E-state index is -4.95. The Morgan fingerprint density at radius 3 is 2.43 bits per heavy atom. The number of anilines is 1. The summed E-state index contributed by atoms with van der Waals surface area (Å²) in [6.45, 7) is 4.03. The number of alkyl halides is 3. The predicted octanol–water partition coefficient (Wildman–Crippen LogP) is 3.37. The maximum Gasteiger partial charge on any atom is 0.404 e. The lowest BCUT2D eigenvalue weighted by atomic mass is 10.0. The minimum absolute atomic E-state index is 0.0518. The van der Waals surface area contributed by atoms with Crippen LogP contribution in [0, 0.1) is 5.92 Å². The molecule has 4 rings (SSSR count). The third kappa shape index (κ3) is 7.37. The SMILES string of the molecule is CO[C@H]1CN(C)C(=O)c2cc(NS(=O)(=O)CC(F)(F)F)ccc2OC[C@H](C)N(C(=O)c2ccc3c(c2)OCO3)C[C@H]1C. The van der Waals surface area contributed by atoms with Crippen LogP contribution < -0.4 is 18.9 Å². The fraction of sp³-hybridized carbons (Fsp3) is 0.481. The van der Waals surface area contributed by atoms with Crippen LogP contribution in [0.1, 0.15) is 34.6 Å². The fourth-order valence-corrected chi connectivity index (χ4v) is 5.74. The van der Waals surface area contributed by atoms with E-state index in [1.54, 1.807) is 30.0 Å². The number of sulfonamides is 1. The van der Waals surface area contributed by atoms with Crippen LogP contribution in [0.5, 0.6) is 17.2 Å². The predicted molar refractivity (Wildman–Crippen MR) is 145 cm³/mol. The van der Waals surface area contributed by atoms with E-state index in [-0.39, 0.29) is 55.3 Å². The Bertz CT molecular complexity index is 1440. The largest absolute Gasteiger partial charge is 0.491 e. The van der Waals surface area contributed by atoms with Gasteiger partial charge in [-0.1, -0.05) is 6.92 Å². The van der Waals surface area contributed by atoms with Crippen molar-refractivity contribution in [3.63, 3.8) is 0 Å². The number of hydrogen-bond acceptors (Lipinski definition) is 8. The Balaban J connectivity index is 1.66. The van der Waals surface area contributed by atoms with E-state index in [1.165, 1.54) is 31.2 Å². The molecule has 0 unspecified atom stereocenters. The van der Waals surface area contributed by atoms with Crippen LogP contribution in [-0.2, 0) is 14.8 Å². The molecule has 2 aromatic carbocycles. The lowest BCUT2D eigenvalue weighted by molar-refractivity contribution is -0.106. The Kier molecular flexibility index (Phi) is 9.11. The summed E-state index contributed by atoms with van der Waals surface area (Å²) >= 11 is 0. The van der Waals surface area contributed by atoms with E-state index in [4.69, 9.17) is 18.9 Å². The van der Waals surface area contributed by atoms with Crippen LogP contribution in [0.15, 0.2) is 36.4 Å². The van der Waals surface area contributed by atoms with Crippen LogP contribution in [0.25, 0.3) is 0 Å². The maximum atomic E-state index is 13.7. The molecular weight excluding hydrogens is 583 g/mol. The van der Waals surface area contributed by atoms with E-state index in [0.29, 0.717) is 17.1 Å². The molecule has 0 radical (unpaired) electrons. The summed E-state index contributed by atoms with van der Waals surface area (Å²) in [7, 11) is -1.79. The topological polar surface area (TPSA) is 124 Å². The van der Waals surface area contributed by atoms with Crippen LogP contribution >= 0.6 is 0 Å². The smallest absolute Gasteiger partial charge is 0.404 e. The molecular formula is C27H32F3N3O8S. The monoisotopic (exact) mass is 615 g/mol. The molecule has 0 aliphatic carbocycles. The third-order valence-corrected chi connectivity index (χ3v) is 8.21. The molecule has 2 aliphatic heterocycles. The van der Waals surface area contributed by atoms with Gasteiger partial charge in [-0.15, -0.1) is 0 Å². The number of methoxy groups -OCH3 is 1. The molecule has 1 N–H and O–H groups in total. The number of benzene rings is 2. The second-order valence-electron chi connectivity index (χ2n) is 10.3. The molecule has 42 heavy (non-hydrogen) atoms. The Hall–Kier alpha value is -3.72. The number of fused-ring (bicyclic) bond motifs is 2. The van der Waals surface area contributed by atoms with Crippen molar-refractivity contribution in [2.75, 3.05) is 51.1 Å². The normalized spacial score (nSPS) is 21.6. The summed E-state index contributed by atoms with van der Waals surface area (Å²) in [4.78, 5) is 30.2. The average Bonchev–Trinajstić information content (AvgIpc) is 3.38. The number of carbonyl (C=O) groups excluding carboxylic acids is 2. The van der Waals surface area contributed by atoms with Crippen molar-refractivity contribution in [1.29, 1.82) is 0 Å². The lowest BCUT2D eigenvalue weighted by Crippen LogP contribution is -2.48. The van der Waals surface area contributed by atoms with Gasteiger partial charge in [0.15, 0.2) is 17.3 Å². The first-order valence-electron chi connectivity index (χ1n) is 13.0. The summed E-state index contributed by atoms with van der Waals surface area (Å²) in [5, 5.41) is 0. The highest BCUT2D eigenvalue weighted by Crippen LogP contribution is 2.33. The van der Waals surface area contributed by atoms with Gasteiger partial charge in [-0.05, 0) is 43.3 Å². The molecule has 11 nitrogen and oxygen atoms in total. The van der Waals surface area contributed by atoms with E-state index in [1.807, 2.05) is 11.6 Å². The van der Waals surface area contributed by atoms with Crippen LogP contribution in [-0.4, -0.2) is 94.8 Å². The molecule has 0 saturated carbocycles. The van der Waals surface area contributed by atoms with Crippen molar-refractivity contribution in [3.8, 4) is 17.2 Å². The summed E-state index contributed by atoms with van der Waals surface area (Å²) in [5.41, 5.74) is 0.0660. The highest BCUT2D eigenvalue weighted by molar-refractivity contribution is 7.92. The van der Waals surface area contributed by atoms with Gasteiger partial charge in [-0.25, -0.2) is 8.42 Å². The molecule has 0 saturated heterocycles. The number of hydrogen-bond donors (Lipinski definition) is 1. The molecule has 2 aromatic rings. The second-order valence-corrected chi connectivity index (χ2v) is 12.0. The van der Waals surface area contributed by atoms with Crippen molar-refractivity contribution in [2.24, 2.45) is 5.92 Å². The Morgan fingerprint density at radius 1 is 1.05 bits per heavy atom. The number of halogens is 3. The second kappa shape index (κ2) is 12.3. The first kappa shape index (κ1) is 31.2. The molecule has 0 spiro atoms. The zero-order valence-electron chi connectivity index (χ0n) is 23.4. The van der Waals surface area contributed by atoms with E-state index in [2.05, 4.69) is 0 Å². The molecule has 0 aromatic heterocycles. The number of ether oxygens (including phenoxy) is 4. The maximum absolute atomic E-state index is 13.7. The Morgan fingerprint density at radius 2 is 1.74 bits per heavy atom. The third-order valence-electron chi connectivity index (χ3n) is 6.95.